The van der Waals surface area contributed by atoms with Crippen LogP contribution in [0, 0.1) is 19.8 Å². The third kappa shape index (κ3) is 5.36. The smallest absolute Gasteiger partial charge is 0.223 e. The van der Waals surface area contributed by atoms with Crippen LogP contribution in [0.3, 0.4) is 0 Å². The number of rotatable bonds is 6. The zero-order chi connectivity index (χ0) is 20.1. The van der Waals surface area contributed by atoms with Crippen molar-refractivity contribution in [1.82, 2.24) is 10.2 Å². The number of piperidine rings is 1. The monoisotopic (exact) mass is 398 g/mol. The predicted octanol–water partition coefficient (Wildman–Crippen LogP) is 5.44. The summed E-state index contributed by atoms with van der Waals surface area (Å²) >= 11 is 6.09. The van der Waals surface area contributed by atoms with E-state index in [0.717, 1.165) is 43.9 Å². The van der Waals surface area contributed by atoms with Crippen molar-refractivity contribution in [3.63, 3.8) is 0 Å². The molecule has 1 aliphatic rings. The molecule has 3 nitrogen and oxygen atoms in total. The van der Waals surface area contributed by atoms with Crippen LogP contribution in [0.1, 0.15) is 54.5 Å². The summed E-state index contributed by atoms with van der Waals surface area (Å²) in [6.07, 6.45) is 2.73. The minimum atomic E-state index is 0.0950. The average molecular weight is 399 g/mol. The van der Waals surface area contributed by atoms with Crippen LogP contribution in [-0.2, 0) is 11.3 Å². The van der Waals surface area contributed by atoms with Crippen LogP contribution in [0.4, 0.5) is 0 Å². The lowest BCUT2D eigenvalue weighted by molar-refractivity contribution is -0.127. The SMILES string of the molecule is CC[C@@H](NC(=O)C1CCN(Cc2cccc(Cl)c2)CC1)c1ccc(C)cc1C. The van der Waals surface area contributed by atoms with Crippen LogP contribution in [0.5, 0.6) is 0 Å². The van der Waals surface area contributed by atoms with Gasteiger partial charge in [-0.15, -0.1) is 0 Å². The molecule has 2 aromatic rings. The lowest BCUT2D eigenvalue weighted by Crippen LogP contribution is -2.41. The van der Waals surface area contributed by atoms with E-state index in [2.05, 4.69) is 55.3 Å². The number of likely N-dealkylation sites (tertiary alicyclic amines) is 1. The first-order valence-electron chi connectivity index (χ1n) is 10.3. The summed E-state index contributed by atoms with van der Waals surface area (Å²) in [6.45, 7) is 9.17. The van der Waals surface area contributed by atoms with Gasteiger partial charge in [0.25, 0.3) is 0 Å². The Balaban J connectivity index is 1.54. The van der Waals surface area contributed by atoms with Crippen molar-refractivity contribution in [2.45, 2.75) is 52.6 Å². The second kappa shape index (κ2) is 9.58. The average Bonchev–Trinajstić information content (AvgIpc) is 2.67. The summed E-state index contributed by atoms with van der Waals surface area (Å²) in [5, 5.41) is 4.09. The van der Waals surface area contributed by atoms with Gasteiger partial charge in [-0.1, -0.05) is 54.4 Å². The summed E-state index contributed by atoms with van der Waals surface area (Å²) in [5.74, 6) is 0.310. The molecule has 1 atom stereocenters. The summed E-state index contributed by atoms with van der Waals surface area (Å²) in [6, 6.07) is 14.6. The Labute approximate surface area is 174 Å². The van der Waals surface area contributed by atoms with Gasteiger partial charge < -0.3 is 5.32 Å². The number of nitrogens with one attached hydrogen (secondary N) is 1. The van der Waals surface area contributed by atoms with E-state index in [9.17, 15) is 4.79 Å². The maximum absolute atomic E-state index is 12.9. The summed E-state index contributed by atoms with van der Waals surface area (Å²) < 4.78 is 0. The zero-order valence-electron chi connectivity index (χ0n) is 17.2. The largest absolute Gasteiger partial charge is 0.349 e. The van der Waals surface area contributed by atoms with Crippen molar-refractivity contribution in [2.75, 3.05) is 13.1 Å². The molecule has 1 saturated heterocycles. The van der Waals surface area contributed by atoms with E-state index < -0.39 is 0 Å². The van der Waals surface area contributed by atoms with Crippen LogP contribution in [0.15, 0.2) is 42.5 Å². The van der Waals surface area contributed by atoms with Gasteiger partial charge in [0.1, 0.15) is 0 Å². The highest BCUT2D eigenvalue weighted by Gasteiger charge is 2.27. The zero-order valence-corrected chi connectivity index (χ0v) is 17.9. The minimum Gasteiger partial charge on any atom is -0.349 e. The first-order chi connectivity index (χ1) is 13.5. The highest BCUT2D eigenvalue weighted by atomic mass is 35.5. The predicted molar refractivity (Wildman–Crippen MR) is 117 cm³/mol. The molecule has 0 radical (unpaired) electrons. The van der Waals surface area contributed by atoms with Crippen molar-refractivity contribution in [1.29, 1.82) is 0 Å². The fourth-order valence-electron chi connectivity index (χ4n) is 4.15. The molecule has 1 fully saturated rings. The third-order valence-corrected chi connectivity index (χ3v) is 6.01. The molecular formula is C24H31ClN2O. The van der Waals surface area contributed by atoms with Gasteiger partial charge in [0.05, 0.1) is 6.04 Å². The summed E-state index contributed by atoms with van der Waals surface area (Å²) in [4.78, 5) is 15.3. The molecule has 1 heterocycles. The minimum absolute atomic E-state index is 0.0950. The number of halogens is 1. The maximum Gasteiger partial charge on any atom is 0.223 e. The van der Waals surface area contributed by atoms with E-state index in [1.54, 1.807) is 0 Å². The fourth-order valence-corrected chi connectivity index (χ4v) is 4.37. The molecule has 0 saturated carbocycles. The number of nitrogens with zero attached hydrogens (tertiary/aromatic N) is 1. The van der Waals surface area contributed by atoms with Crippen molar-refractivity contribution in [3.8, 4) is 0 Å². The second-order valence-electron chi connectivity index (χ2n) is 8.01. The molecular weight excluding hydrogens is 368 g/mol. The Kier molecular flexibility index (Phi) is 7.14. The molecule has 1 N–H and O–H groups in total. The maximum atomic E-state index is 12.9. The van der Waals surface area contributed by atoms with E-state index in [0.29, 0.717) is 0 Å². The van der Waals surface area contributed by atoms with Gasteiger partial charge in [0.15, 0.2) is 0 Å². The highest BCUT2D eigenvalue weighted by Crippen LogP contribution is 2.25. The van der Waals surface area contributed by atoms with Gasteiger partial charge >= 0.3 is 0 Å². The number of carbonyl (C=O) groups is 1. The first kappa shape index (κ1) is 20.9. The molecule has 0 bridgehead atoms. The Bertz CT molecular complexity index is 812. The molecule has 0 unspecified atom stereocenters. The number of aryl methyl sites for hydroxylation is 2. The van der Waals surface area contributed by atoms with E-state index >= 15 is 0 Å². The lowest BCUT2D eigenvalue weighted by atomic mass is 9.93. The highest BCUT2D eigenvalue weighted by molar-refractivity contribution is 6.30. The van der Waals surface area contributed by atoms with Crippen molar-refractivity contribution >= 4 is 17.5 Å². The Hall–Kier alpha value is -1.84. The number of hydrogen-bond acceptors (Lipinski definition) is 2. The molecule has 0 aliphatic carbocycles. The van der Waals surface area contributed by atoms with Crippen LogP contribution in [0.2, 0.25) is 5.02 Å². The van der Waals surface area contributed by atoms with Crippen LogP contribution >= 0.6 is 11.6 Å². The number of carbonyl (C=O) groups excluding carboxylic acids is 1. The van der Waals surface area contributed by atoms with Crippen molar-refractivity contribution < 1.29 is 4.79 Å². The van der Waals surface area contributed by atoms with Gasteiger partial charge in [0.2, 0.25) is 5.91 Å². The Morgan fingerprint density at radius 2 is 1.93 bits per heavy atom. The molecule has 0 spiro atoms. The van der Waals surface area contributed by atoms with Crippen LogP contribution in [0.25, 0.3) is 0 Å². The molecule has 28 heavy (non-hydrogen) atoms. The number of amides is 1. The quantitative estimate of drug-likeness (QED) is 0.702. The van der Waals surface area contributed by atoms with Crippen molar-refractivity contribution in [3.05, 3.63) is 69.7 Å². The van der Waals surface area contributed by atoms with Gasteiger partial charge in [-0.25, -0.2) is 0 Å². The fraction of sp³-hybridized carbons (Fsp3) is 0.458. The van der Waals surface area contributed by atoms with E-state index in [1.807, 2.05) is 18.2 Å². The molecule has 150 valence electrons. The third-order valence-electron chi connectivity index (χ3n) is 5.78. The normalized spacial score (nSPS) is 16.7. The first-order valence-corrected chi connectivity index (χ1v) is 10.7. The number of benzene rings is 2. The van der Waals surface area contributed by atoms with Gasteiger partial charge in [-0.05, 0) is 75.0 Å². The summed E-state index contributed by atoms with van der Waals surface area (Å²) in [7, 11) is 0. The van der Waals surface area contributed by atoms with Gasteiger partial charge in [-0.3, -0.25) is 9.69 Å². The van der Waals surface area contributed by atoms with Crippen LogP contribution in [-0.4, -0.2) is 23.9 Å². The molecule has 2 aromatic carbocycles. The molecule has 3 rings (SSSR count). The van der Waals surface area contributed by atoms with E-state index in [-0.39, 0.29) is 17.9 Å². The Morgan fingerprint density at radius 3 is 2.57 bits per heavy atom. The standard InChI is InChI=1S/C24H31ClN2O/c1-4-23(22-9-8-17(2)14-18(22)3)26-24(28)20-10-12-27(13-11-20)16-19-6-5-7-21(25)15-19/h5-9,14-15,20,23H,4,10-13,16H2,1-3H3,(H,26,28)/t23-/m1/s1. The molecule has 1 aliphatic heterocycles. The van der Waals surface area contributed by atoms with Gasteiger partial charge in [-0.2, -0.15) is 0 Å². The van der Waals surface area contributed by atoms with Crippen LogP contribution < -0.4 is 5.32 Å². The second-order valence-corrected chi connectivity index (χ2v) is 8.45. The Morgan fingerprint density at radius 1 is 1.18 bits per heavy atom. The lowest BCUT2D eigenvalue weighted by Gasteiger charge is -2.32. The molecule has 4 heteroatoms. The number of hydrogen-bond donors (Lipinski definition) is 1. The molecule has 1 amide bonds. The van der Waals surface area contributed by atoms with E-state index in [4.69, 9.17) is 11.6 Å². The topological polar surface area (TPSA) is 32.3 Å². The van der Waals surface area contributed by atoms with Gasteiger partial charge in [0, 0.05) is 17.5 Å². The molecule has 0 aromatic heterocycles. The van der Waals surface area contributed by atoms with E-state index in [1.165, 1.54) is 22.3 Å². The van der Waals surface area contributed by atoms with Crippen molar-refractivity contribution in [2.24, 2.45) is 5.92 Å². The summed E-state index contributed by atoms with van der Waals surface area (Å²) in [5.41, 5.74) is 4.98.